The lowest BCUT2D eigenvalue weighted by Crippen LogP contribution is -2.49. The van der Waals surface area contributed by atoms with Crippen LogP contribution < -0.4 is 5.32 Å². The van der Waals surface area contributed by atoms with Gasteiger partial charge >= 0.3 is 0 Å². The van der Waals surface area contributed by atoms with E-state index in [0.29, 0.717) is 18.0 Å². The molecule has 3 aliphatic rings. The summed E-state index contributed by atoms with van der Waals surface area (Å²) in [5, 5.41) is 3.48. The van der Waals surface area contributed by atoms with Crippen molar-refractivity contribution < 1.29 is 4.79 Å². The van der Waals surface area contributed by atoms with Gasteiger partial charge in [0, 0.05) is 41.7 Å². The molecule has 2 bridgehead atoms. The number of nitrogens with zero attached hydrogens (tertiary/aromatic N) is 1. The molecule has 21 heavy (non-hydrogen) atoms. The number of hydrogen-bond donors (Lipinski definition) is 1. The highest BCUT2D eigenvalue weighted by molar-refractivity contribution is 7.99. The van der Waals surface area contributed by atoms with Crippen LogP contribution in [-0.4, -0.2) is 40.9 Å². The Balaban J connectivity index is 1.55. The number of rotatable bonds is 1. The molecule has 4 heteroatoms. The lowest BCUT2D eigenvalue weighted by Gasteiger charge is -2.36. The Morgan fingerprint density at radius 2 is 1.90 bits per heavy atom. The first-order chi connectivity index (χ1) is 10.3. The van der Waals surface area contributed by atoms with Gasteiger partial charge in [-0.15, -0.1) is 0 Å². The predicted molar refractivity (Wildman–Crippen MR) is 87.7 cm³/mol. The third-order valence-electron chi connectivity index (χ3n) is 5.14. The van der Waals surface area contributed by atoms with E-state index in [4.69, 9.17) is 0 Å². The van der Waals surface area contributed by atoms with Crippen molar-refractivity contribution in [3.8, 4) is 0 Å². The summed E-state index contributed by atoms with van der Waals surface area (Å²) in [5.41, 5.74) is 2.51. The van der Waals surface area contributed by atoms with Crippen molar-refractivity contribution in [3.05, 3.63) is 29.8 Å². The van der Waals surface area contributed by atoms with E-state index in [1.165, 1.54) is 24.1 Å². The molecule has 3 nitrogen and oxygen atoms in total. The Morgan fingerprint density at radius 3 is 2.71 bits per heavy atom. The molecule has 0 saturated carbocycles. The number of para-hydroxylation sites is 1. The molecule has 3 atom stereocenters. The molecule has 2 fully saturated rings. The lowest BCUT2D eigenvalue weighted by atomic mass is 9.95. The minimum Gasteiger partial charge on any atom is -0.385 e. The van der Waals surface area contributed by atoms with Crippen molar-refractivity contribution in [1.29, 1.82) is 0 Å². The second-order valence-electron chi connectivity index (χ2n) is 6.44. The zero-order valence-corrected chi connectivity index (χ0v) is 13.1. The van der Waals surface area contributed by atoms with Crippen molar-refractivity contribution in [2.24, 2.45) is 5.92 Å². The molecule has 0 aromatic heterocycles. The molecule has 3 unspecified atom stereocenters. The first kappa shape index (κ1) is 13.5. The van der Waals surface area contributed by atoms with Gasteiger partial charge in [-0.2, -0.15) is 11.8 Å². The summed E-state index contributed by atoms with van der Waals surface area (Å²) < 4.78 is 0. The highest BCUT2D eigenvalue weighted by atomic mass is 32.2. The smallest absolute Gasteiger partial charge is 0.226 e. The van der Waals surface area contributed by atoms with Crippen LogP contribution in [0.25, 0.3) is 0 Å². The molecule has 0 aliphatic carbocycles. The minimum atomic E-state index is 0.160. The summed E-state index contributed by atoms with van der Waals surface area (Å²) >= 11 is 2.03. The van der Waals surface area contributed by atoms with Gasteiger partial charge in [0.05, 0.1) is 0 Å². The van der Waals surface area contributed by atoms with Crippen LogP contribution in [0.1, 0.15) is 24.8 Å². The SMILES string of the molecule is O=C(C1CCNc2ccccc2C1)N1C2CCC1CSC2. The summed E-state index contributed by atoms with van der Waals surface area (Å²) in [6.45, 7) is 0.908. The van der Waals surface area contributed by atoms with E-state index in [9.17, 15) is 4.79 Å². The molecule has 0 radical (unpaired) electrons. The number of nitrogens with one attached hydrogen (secondary N) is 1. The zero-order chi connectivity index (χ0) is 14.2. The molecule has 1 aromatic rings. The Bertz CT molecular complexity index is 531. The standard InChI is InChI=1S/C17H22N2OS/c20-17(19-14-5-6-15(19)11-21-10-14)13-7-8-18-16-4-2-1-3-12(16)9-13/h1-4,13-15,18H,5-11H2. The van der Waals surface area contributed by atoms with Gasteiger partial charge in [0.15, 0.2) is 0 Å². The first-order valence-electron chi connectivity index (χ1n) is 8.04. The van der Waals surface area contributed by atoms with Gasteiger partial charge in [-0.3, -0.25) is 4.79 Å². The number of hydrogen-bond acceptors (Lipinski definition) is 3. The van der Waals surface area contributed by atoms with Crippen molar-refractivity contribution in [1.82, 2.24) is 4.90 Å². The van der Waals surface area contributed by atoms with Gasteiger partial charge in [-0.1, -0.05) is 18.2 Å². The normalized spacial score (nSPS) is 31.2. The van der Waals surface area contributed by atoms with E-state index in [0.717, 1.165) is 30.9 Å². The van der Waals surface area contributed by atoms with E-state index in [2.05, 4.69) is 34.5 Å². The van der Waals surface area contributed by atoms with E-state index >= 15 is 0 Å². The average molecular weight is 302 g/mol. The van der Waals surface area contributed by atoms with Gasteiger partial charge in [0.25, 0.3) is 0 Å². The van der Waals surface area contributed by atoms with Crippen LogP contribution in [-0.2, 0) is 11.2 Å². The maximum atomic E-state index is 13.1. The lowest BCUT2D eigenvalue weighted by molar-refractivity contribution is -0.138. The Morgan fingerprint density at radius 1 is 1.14 bits per heavy atom. The molecule has 1 N–H and O–H groups in total. The second kappa shape index (κ2) is 5.56. The summed E-state index contributed by atoms with van der Waals surface area (Å²) in [4.78, 5) is 15.3. The van der Waals surface area contributed by atoms with Crippen LogP contribution in [0, 0.1) is 5.92 Å². The van der Waals surface area contributed by atoms with Crippen molar-refractivity contribution >= 4 is 23.4 Å². The van der Waals surface area contributed by atoms with Crippen molar-refractivity contribution in [3.63, 3.8) is 0 Å². The van der Waals surface area contributed by atoms with Gasteiger partial charge < -0.3 is 10.2 Å². The molecule has 2 saturated heterocycles. The zero-order valence-electron chi connectivity index (χ0n) is 12.3. The maximum Gasteiger partial charge on any atom is 0.226 e. The number of anilines is 1. The predicted octanol–water partition coefficient (Wildman–Crippen LogP) is 2.77. The first-order valence-corrected chi connectivity index (χ1v) is 9.20. The van der Waals surface area contributed by atoms with Gasteiger partial charge in [0.1, 0.15) is 0 Å². The molecular formula is C17H22N2OS. The van der Waals surface area contributed by atoms with Crippen molar-refractivity contribution in [2.45, 2.75) is 37.8 Å². The van der Waals surface area contributed by atoms with Crippen LogP contribution in [0.3, 0.4) is 0 Å². The fourth-order valence-corrected chi connectivity index (χ4v) is 5.36. The van der Waals surface area contributed by atoms with E-state index in [1.54, 1.807) is 0 Å². The van der Waals surface area contributed by atoms with E-state index in [-0.39, 0.29) is 5.92 Å². The molecule has 112 valence electrons. The number of carbonyl (C=O) groups is 1. The minimum absolute atomic E-state index is 0.160. The molecule has 4 rings (SSSR count). The van der Waals surface area contributed by atoms with Crippen LogP contribution in [0.4, 0.5) is 5.69 Å². The summed E-state index contributed by atoms with van der Waals surface area (Å²) in [6.07, 6.45) is 4.28. The van der Waals surface area contributed by atoms with Gasteiger partial charge in [-0.05, 0) is 37.3 Å². The highest BCUT2D eigenvalue weighted by Crippen LogP contribution is 2.36. The second-order valence-corrected chi connectivity index (χ2v) is 7.52. The molecular weight excluding hydrogens is 280 g/mol. The number of carbonyl (C=O) groups excluding carboxylic acids is 1. The Hall–Kier alpha value is -1.16. The molecule has 0 spiro atoms. The molecule has 3 heterocycles. The number of thioether (sulfide) groups is 1. The number of benzene rings is 1. The Kier molecular flexibility index (Phi) is 3.57. The monoisotopic (exact) mass is 302 g/mol. The van der Waals surface area contributed by atoms with Gasteiger partial charge in [0.2, 0.25) is 5.91 Å². The molecule has 1 aromatic carbocycles. The fraction of sp³-hybridized carbons (Fsp3) is 0.588. The number of fused-ring (bicyclic) bond motifs is 3. The third-order valence-corrected chi connectivity index (χ3v) is 6.38. The average Bonchev–Trinajstić information content (AvgIpc) is 2.71. The van der Waals surface area contributed by atoms with Crippen LogP contribution in [0.5, 0.6) is 0 Å². The summed E-state index contributed by atoms with van der Waals surface area (Å²) in [5.74, 6) is 2.86. The summed E-state index contributed by atoms with van der Waals surface area (Å²) in [6, 6.07) is 9.45. The van der Waals surface area contributed by atoms with Gasteiger partial charge in [-0.25, -0.2) is 0 Å². The largest absolute Gasteiger partial charge is 0.385 e. The summed E-state index contributed by atoms with van der Waals surface area (Å²) in [7, 11) is 0. The molecule has 3 aliphatic heterocycles. The van der Waals surface area contributed by atoms with Crippen LogP contribution >= 0.6 is 11.8 Å². The van der Waals surface area contributed by atoms with E-state index < -0.39 is 0 Å². The maximum absolute atomic E-state index is 13.1. The fourth-order valence-electron chi connectivity index (χ4n) is 4.03. The van der Waals surface area contributed by atoms with E-state index in [1.807, 2.05) is 11.8 Å². The quantitative estimate of drug-likeness (QED) is 0.866. The number of amides is 1. The van der Waals surface area contributed by atoms with Crippen molar-refractivity contribution in [2.75, 3.05) is 23.4 Å². The molecule has 1 amide bonds. The topological polar surface area (TPSA) is 32.3 Å². The highest BCUT2D eigenvalue weighted by Gasteiger charge is 2.42. The Labute approximate surface area is 130 Å². The van der Waals surface area contributed by atoms with Crippen LogP contribution in [0.15, 0.2) is 24.3 Å². The van der Waals surface area contributed by atoms with Crippen LogP contribution in [0.2, 0.25) is 0 Å². The third kappa shape index (κ3) is 2.44.